The fourth-order valence-electron chi connectivity index (χ4n) is 3.88. The molecule has 2 heterocycles. The smallest absolute Gasteiger partial charge is 0.237 e. The van der Waals surface area contributed by atoms with Crippen LogP contribution < -0.4 is 5.32 Å². The van der Waals surface area contributed by atoms with E-state index in [-0.39, 0.29) is 17.5 Å². The van der Waals surface area contributed by atoms with E-state index in [2.05, 4.69) is 15.3 Å². The average Bonchev–Trinajstić information content (AvgIpc) is 3.11. The molecule has 0 radical (unpaired) electrons. The highest BCUT2D eigenvalue weighted by Crippen LogP contribution is 2.36. The largest absolute Gasteiger partial charge is 0.325 e. The minimum absolute atomic E-state index is 0.184. The predicted octanol–water partition coefficient (Wildman–Crippen LogP) is 5.20. The summed E-state index contributed by atoms with van der Waals surface area (Å²) in [6.07, 6.45) is 1.52. The molecule has 0 saturated heterocycles. The minimum atomic E-state index is -0.434. The standard InChI is InChI=1S/C25H19N3O3S2/c1-12-13(2)32-24-20(12)25(27-11-26-24)33-14(3)23(31)28-15-8-9-18-19(10-15)22(30)17-7-5-4-6-16(17)21(18)29/h4-11,14H,1-3H3,(H,28,31). The van der Waals surface area contributed by atoms with Crippen LogP contribution in [0.25, 0.3) is 10.2 Å². The molecule has 6 nitrogen and oxygen atoms in total. The number of amides is 1. The van der Waals surface area contributed by atoms with Crippen molar-refractivity contribution >= 4 is 56.5 Å². The third-order valence-corrected chi connectivity index (χ3v) is 8.00. The lowest BCUT2D eigenvalue weighted by Gasteiger charge is -2.18. The van der Waals surface area contributed by atoms with Crippen molar-refractivity contribution in [2.75, 3.05) is 5.32 Å². The average molecular weight is 474 g/mol. The van der Waals surface area contributed by atoms with Crippen molar-refractivity contribution in [1.82, 2.24) is 9.97 Å². The molecular weight excluding hydrogens is 454 g/mol. The van der Waals surface area contributed by atoms with Gasteiger partial charge >= 0.3 is 0 Å². The summed E-state index contributed by atoms with van der Waals surface area (Å²) in [7, 11) is 0. The van der Waals surface area contributed by atoms with Crippen molar-refractivity contribution < 1.29 is 14.4 Å². The van der Waals surface area contributed by atoms with Gasteiger partial charge in [-0.3, -0.25) is 14.4 Å². The zero-order valence-electron chi connectivity index (χ0n) is 18.1. The molecule has 1 aliphatic carbocycles. The van der Waals surface area contributed by atoms with Gasteiger partial charge in [-0.1, -0.05) is 36.0 Å². The van der Waals surface area contributed by atoms with Crippen LogP contribution in [-0.2, 0) is 4.79 Å². The van der Waals surface area contributed by atoms with Crippen LogP contribution in [0.4, 0.5) is 5.69 Å². The zero-order chi connectivity index (χ0) is 23.3. The number of aromatic nitrogens is 2. The second-order valence-corrected chi connectivity index (χ2v) is 10.4. The van der Waals surface area contributed by atoms with E-state index in [4.69, 9.17) is 0 Å². The van der Waals surface area contributed by atoms with E-state index in [1.54, 1.807) is 53.8 Å². The monoisotopic (exact) mass is 473 g/mol. The summed E-state index contributed by atoms with van der Waals surface area (Å²) in [4.78, 5) is 49.5. The van der Waals surface area contributed by atoms with Crippen molar-refractivity contribution in [3.63, 3.8) is 0 Å². The Labute approximate surface area is 198 Å². The zero-order valence-corrected chi connectivity index (χ0v) is 19.8. The molecule has 1 N–H and O–H groups in total. The molecule has 2 aromatic heterocycles. The Balaban J connectivity index is 1.38. The first-order chi connectivity index (χ1) is 15.8. The molecule has 5 rings (SSSR count). The summed E-state index contributed by atoms with van der Waals surface area (Å²) in [5.74, 6) is -0.618. The topological polar surface area (TPSA) is 89.0 Å². The van der Waals surface area contributed by atoms with E-state index < -0.39 is 5.25 Å². The number of thiophene rings is 1. The van der Waals surface area contributed by atoms with Gasteiger partial charge in [0.25, 0.3) is 0 Å². The van der Waals surface area contributed by atoms with Gasteiger partial charge in [0.15, 0.2) is 11.6 Å². The van der Waals surface area contributed by atoms with Crippen LogP contribution >= 0.6 is 23.1 Å². The Morgan fingerprint density at radius 1 is 0.970 bits per heavy atom. The number of carbonyl (C=O) groups is 3. The molecule has 1 aliphatic rings. The third kappa shape index (κ3) is 3.65. The van der Waals surface area contributed by atoms with Gasteiger partial charge < -0.3 is 5.32 Å². The number of rotatable bonds is 4. The first-order valence-corrected chi connectivity index (χ1v) is 12.1. The summed E-state index contributed by atoms with van der Waals surface area (Å²) in [5, 5.41) is 4.20. The number of fused-ring (bicyclic) bond motifs is 3. The second kappa shape index (κ2) is 8.20. The van der Waals surface area contributed by atoms with E-state index in [0.717, 1.165) is 20.8 Å². The number of aryl methyl sites for hydroxylation is 2. The Morgan fingerprint density at radius 3 is 2.36 bits per heavy atom. The van der Waals surface area contributed by atoms with E-state index >= 15 is 0 Å². The van der Waals surface area contributed by atoms with Crippen molar-refractivity contribution in [3.8, 4) is 0 Å². The summed E-state index contributed by atoms with van der Waals surface area (Å²) in [6, 6.07) is 11.6. The SMILES string of the molecule is Cc1sc2ncnc(SC(C)C(=O)Nc3ccc4c(c3)C(=O)c3ccccc3C4=O)c2c1C. The molecule has 1 unspecified atom stereocenters. The molecule has 1 atom stereocenters. The maximum atomic E-state index is 12.9. The lowest BCUT2D eigenvalue weighted by atomic mass is 9.84. The Kier molecular flexibility index (Phi) is 5.34. The van der Waals surface area contributed by atoms with E-state index in [1.165, 1.54) is 23.0 Å². The van der Waals surface area contributed by atoms with Crippen LogP contribution in [0, 0.1) is 13.8 Å². The minimum Gasteiger partial charge on any atom is -0.325 e. The number of benzene rings is 2. The van der Waals surface area contributed by atoms with Gasteiger partial charge in [-0.15, -0.1) is 11.3 Å². The molecule has 0 aliphatic heterocycles. The molecule has 164 valence electrons. The fraction of sp³-hybridized carbons (Fsp3) is 0.160. The first-order valence-electron chi connectivity index (χ1n) is 10.4. The van der Waals surface area contributed by atoms with Crippen LogP contribution in [0.1, 0.15) is 49.2 Å². The van der Waals surface area contributed by atoms with Crippen molar-refractivity contribution in [1.29, 1.82) is 0 Å². The van der Waals surface area contributed by atoms with Crippen molar-refractivity contribution in [2.45, 2.75) is 31.0 Å². The van der Waals surface area contributed by atoms with Crippen molar-refractivity contribution in [2.24, 2.45) is 0 Å². The van der Waals surface area contributed by atoms with Crippen LogP contribution in [0.2, 0.25) is 0 Å². The third-order valence-electron chi connectivity index (χ3n) is 5.78. The molecule has 2 aromatic carbocycles. The number of anilines is 1. The van der Waals surface area contributed by atoms with Gasteiger partial charge in [0.1, 0.15) is 16.2 Å². The molecule has 0 bridgehead atoms. The molecular formula is C25H19N3O3S2. The molecule has 4 aromatic rings. The summed E-state index contributed by atoms with van der Waals surface area (Å²) < 4.78 is 0. The van der Waals surface area contributed by atoms with Gasteiger partial charge in [-0.05, 0) is 44.5 Å². The lowest BCUT2D eigenvalue weighted by molar-refractivity contribution is -0.115. The normalized spacial score (nSPS) is 13.5. The molecule has 0 spiro atoms. The number of carbonyl (C=O) groups excluding carboxylic acids is 3. The van der Waals surface area contributed by atoms with Crippen LogP contribution in [0.3, 0.4) is 0 Å². The highest BCUT2D eigenvalue weighted by molar-refractivity contribution is 8.00. The second-order valence-electron chi connectivity index (χ2n) is 7.86. The molecule has 33 heavy (non-hydrogen) atoms. The predicted molar refractivity (Wildman–Crippen MR) is 131 cm³/mol. The number of hydrogen-bond donors (Lipinski definition) is 1. The number of nitrogens with one attached hydrogen (secondary N) is 1. The highest BCUT2D eigenvalue weighted by atomic mass is 32.2. The molecule has 1 amide bonds. The van der Waals surface area contributed by atoms with Crippen LogP contribution in [0.5, 0.6) is 0 Å². The van der Waals surface area contributed by atoms with Gasteiger partial charge in [-0.25, -0.2) is 9.97 Å². The Morgan fingerprint density at radius 2 is 1.64 bits per heavy atom. The van der Waals surface area contributed by atoms with Gasteiger partial charge in [0.05, 0.1) is 5.25 Å². The Hall–Kier alpha value is -3.36. The van der Waals surface area contributed by atoms with E-state index in [0.29, 0.717) is 27.9 Å². The molecule has 8 heteroatoms. The van der Waals surface area contributed by atoms with Gasteiger partial charge in [0.2, 0.25) is 5.91 Å². The van der Waals surface area contributed by atoms with Crippen molar-refractivity contribution in [3.05, 3.63) is 81.5 Å². The van der Waals surface area contributed by atoms with E-state index in [1.807, 2.05) is 20.8 Å². The number of ketones is 2. The maximum Gasteiger partial charge on any atom is 0.237 e. The highest BCUT2D eigenvalue weighted by Gasteiger charge is 2.29. The van der Waals surface area contributed by atoms with E-state index in [9.17, 15) is 14.4 Å². The van der Waals surface area contributed by atoms with Crippen LogP contribution in [-0.4, -0.2) is 32.7 Å². The maximum absolute atomic E-state index is 12.9. The Bertz CT molecular complexity index is 1480. The van der Waals surface area contributed by atoms with Crippen LogP contribution in [0.15, 0.2) is 53.8 Å². The lowest BCUT2D eigenvalue weighted by Crippen LogP contribution is -2.24. The summed E-state index contributed by atoms with van der Waals surface area (Å²) >= 11 is 2.99. The number of thioether (sulfide) groups is 1. The van der Waals surface area contributed by atoms with Gasteiger partial charge in [-0.2, -0.15) is 0 Å². The summed E-state index contributed by atoms with van der Waals surface area (Å²) in [5.41, 5.74) is 3.05. The number of nitrogens with zero attached hydrogens (tertiary/aromatic N) is 2. The summed E-state index contributed by atoms with van der Waals surface area (Å²) in [6.45, 7) is 5.90. The molecule has 0 fully saturated rings. The van der Waals surface area contributed by atoms with Gasteiger partial charge in [0, 0.05) is 38.2 Å². The quantitative estimate of drug-likeness (QED) is 0.285. The number of hydrogen-bond acceptors (Lipinski definition) is 7. The first kappa shape index (κ1) is 21.5. The fourth-order valence-corrected chi connectivity index (χ4v) is 5.92. The molecule has 0 saturated carbocycles.